The number of nitrogens with zero attached hydrogens (tertiary/aromatic N) is 1. The second-order valence-corrected chi connectivity index (χ2v) is 0.962. The molecule has 0 amide bonds. The summed E-state index contributed by atoms with van der Waals surface area (Å²) >= 11 is 0. The Bertz CT molecular complexity index is 107. The predicted octanol–water partition coefficient (Wildman–Crippen LogP) is 2.01. The van der Waals surface area contributed by atoms with Crippen LogP contribution in [0, 0.1) is 11.8 Å². The molecule has 0 aliphatic rings. The molecule has 0 saturated heterocycles. The Labute approximate surface area is 119 Å². The van der Waals surface area contributed by atoms with Gasteiger partial charge in [-0.1, -0.05) is 0 Å². The van der Waals surface area contributed by atoms with Gasteiger partial charge in [0, 0.05) is 21.1 Å². The van der Waals surface area contributed by atoms with Crippen molar-refractivity contribution in [3.8, 4) is 0 Å². The van der Waals surface area contributed by atoms with Crippen LogP contribution in [0.25, 0.3) is 5.59 Å². The molecule has 0 aliphatic heterocycles. The van der Waals surface area contributed by atoms with Crippen LogP contribution in [0.2, 0.25) is 0 Å². The summed E-state index contributed by atoms with van der Waals surface area (Å²) < 4.78 is 0. The summed E-state index contributed by atoms with van der Waals surface area (Å²) in [5.74, 6) is 0. The van der Waals surface area contributed by atoms with Crippen LogP contribution in [0.1, 0.15) is 6.92 Å². The average Bonchev–Trinajstić information content (AvgIpc) is 2.87. The standard InChI is InChI=1S/C5H5.C2H5.2CHO.NO.2W/c1-2-4-5-3-1;4*1-2;;/h1-5H;1H2,2H3;2*1H;;;/q5*-1;;+2. The van der Waals surface area contributed by atoms with Gasteiger partial charge in [-0.3, -0.25) is 13.6 Å². The van der Waals surface area contributed by atoms with Crippen LogP contribution in [0.4, 0.5) is 0 Å². The summed E-state index contributed by atoms with van der Waals surface area (Å²) in [6, 6.07) is 10.0. The van der Waals surface area contributed by atoms with Gasteiger partial charge in [0.2, 0.25) is 0 Å². The topological polar surface area (TPSA) is 73.5 Å². The van der Waals surface area contributed by atoms with E-state index in [4.69, 9.17) is 20.1 Å². The second kappa shape index (κ2) is 101. The van der Waals surface area contributed by atoms with Crippen LogP contribution in [0.5, 0.6) is 0 Å². The molecule has 0 heterocycles. The van der Waals surface area contributed by atoms with E-state index in [0.717, 1.165) is 0 Å². The molecule has 0 saturated carbocycles. The molecule has 0 radical (unpaired) electrons. The fourth-order valence-electron chi connectivity index (χ4n) is 0.321. The van der Waals surface area contributed by atoms with Crippen molar-refractivity contribution in [3.63, 3.8) is 0 Å². The maximum atomic E-state index is 7.75. The van der Waals surface area contributed by atoms with E-state index in [1.807, 2.05) is 30.3 Å². The van der Waals surface area contributed by atoms with Gasteiger partial charge in [0.05, 0.1) is 0 Å². The molecular formula is C9H12NO3W2-3. The van der Waals surface area contributed by atoms with Crippen LogP contribution in [-0.4, -0.2) is 13.6 Å². The molecule has 15 heavy (non-hydrogen) atoms. The summed E-state index contributed by atoms with van der Waals surface area (Å²) in [5, 5.41) is 0. The third-order valence-electron chi connectivity index (χ3n) is 0.556. The molecule has 4 nitrogen and oxygen atoms in total. The number of rotatable bonds is 0. The number of hydrogen-bond donors (Lipinski definition) is 0. The Morgan fingerprint density at radius 2 is 1.20 bits per heavy atom. The molecule has 0 aliphatic carbocycles. The summed E-state index contributed by atoms with van der Waals surface area (Å²) in [4.78, 5) is 22.8. The van der Waals surface area contributed by atoms with Crippen molar-refractivity contribution in [1.29, 1.82) is 0 Å². The second-order valence-electron chi connectivity index (χ2n) is 0.962. The van der Waals surface area contributed by atoms with Gasteiger partial charge in [0.15, 0.2) is 0 Å². The Balaban J connectivity index is -0.0000000182. The van der Waals surface area contributed by atoms with E-state index in [0.29, 0.717) is 0 Å². The molecule has 86 valence electrons. The van der Waals surface area contributed by atoms with Crippen molar-refractivity contribution in [2.45, 2.75) is 6.92 Å². The first kappa shape index (κ1) is 36.5. The zero-order valence-corrected chi connectivity index (χ0v) is 14.1. The minimum absolute atomic E-state index is 0. The maximum Gasteiger partial charge on any atom is 2.00 e. The monoisotopic (exact) mass is 550 g/mol. The normalized spacial score (nSPS) is 3.87. The van der Waals surface area contributed by atoms with Gasteiger partial charge >= 0.3 is 21.1 Å². The summed E-state index contributed by atoms with van der Waals surface area (Å²) in [5.41, 5.74) is 5.75. The number of nitroso groups, excluding NO2 is 1. The molecule has 0 N–H and O–H groups in total. The minimum atomic E-state index is 0. The van der Waals surface area contributed by atoms with Gasteiger partial charge in [0.25, 0.3) is 0 Å². The molecule has 6 heteroatoms. The molecular weight excluding hydrogens is 538 g/mol. The number of hydrogen-bond acceptors (Lipinski definition) is 3. The summed E-state index contributed by atoms with van der Waals surface area (Å²) in [7, 11) is 0. The quantitative estimate of drug-likeness (QED) is 0.367. The predicted molar refractivity (Wildman–Crippen MR) is 53.3 cm³/mol. The first-order valence-electron chi connectivity index (χ1n) is 3.03. The van der Waals surface area contributed by atoms with Crippen LogP contribution in [0.15, 0.2) is 30.3 Å². The van der Waals surface area contributed by atoms with E-state index in [1.165, 1.54) is 0 Å². The first-order chi connectivity index (χ1) is 6.50. The molecule has 0 fully saturated rings. The van der Waals surface area contributed by atoms with E-state index in [-0.39, 0.29) is 42.1 Å². The van der Waals surface area contributed by atoms with E-state index in [9.17, 15) is 0 Å². The van der Waals surface area contributed by atoms with Crippen molar-refractivity contribution in [2.75, 3.05) is 0 Å². The summed E-state index contributed by atoms with van der Waals surface area (Å²) in [6.07, 6.45) is 0. The van der Waals surface area contributed by atoms with Crippen molar-refractivity contribution in [1.82, 2.24) is 0 Å². The first-order valence-corrected chi connectivity index (χ1v) is 3.03. The van der Waals surface area contributed by atoms with Crippen molar-refractivity contribution in [3.05, 3.63) is 47.8 Å². The Hall–Kier alpha value is -0.333. The fraction of sp³-hybridized carbons (Fsp3) is 0.111. The van der Waals surface area contributed by atoms with Crippen molar-refractivity contribution >= 4 is 13.6 Å². The molecule has 1 rings (SSSR count). The molecule has 0 bridgehead atoms. The zero-order chi connectivity index (χ0) is 11.5. The molecule has 0 atom stereocenters. The van der Waals surface area contributed by atoms with Crippen LogP contribution >= 0.6 is 0 Å². The summed E-state index contributed by atoms with van der Waals surface area (Å²) in [6.45, 7) is 11.5. The SMILES string of the molecule is [CH-]=O.[CH-]=O.[CH2-]C.[N-]=O.[W+2].[W].c1cc[cH-]c1. The van der Waals surface area contributed by atoms with Crippen LogP contribution in [0.3, 0.4) is 0 Å². The van der Waals surface area contributed by atoms with Crippen molar-refractivity contribution < 1.29 is 51.7 Å². The smallest absolute Gasteiger partial charge is 0.577 e. The molecule has 0 spiro atoms. The van der Waals surface area contributed by atoms with Gasteiger partial charge < -0.3 is 27.0 Å². The van der Waals surface area contributed by atoms with E-state index >= 15 is 0 Å². The van der Waals surface area contributed by atoms with E-state index in [1.54, 1.807) is 6.92 Å². The third-order valence-corrected chi connectivity index (χ3v) is 0.556. The van der Waals surface area contributed by atoms with Gasteiger partial charge in [-0.25, -0.2) is 12.1 Å². The van der Waals surface area contributed by atoms with Gasteiger partial charge in [-0.05, 0) is 0 Å². The van der Waals surface area contributed by atoms with Gasteiger partial charge in [-0.15, -0.1) is 0 Å². The Morgan fingerprint density at radius 3 is 1.27 bits per heavy atom. The largest absolute Gasteiger partial charge is 2.00 e. The molecule has 0 aromatic heterocycles. The fourth-order valence-corrected chi connectivity index (χ4v) is 0.321. The van der Waals surface area contributed by atoms with Crippen LogP contribution < -0.4 is 0 Å². The molecule has 1 aromatic rings. The number of carbonyl (C=O) groups excluding carboxylic acids is 2. The van der Waals surface area contributed by atoms with Gasteiger partial charge in [0.1, 0.15) is 0 Å². The molecule has 1 aromatic carbocycles. The van der Waals surface area contributed by atoms with Crippen LogP contribution in [-0.2, 0) is 51.7 Å². The maximum absolute atomic E-state index is 7.75. The minimum Gasteiger partial charge on any atom is -0.577 e. The third kappa shape index (κ3) is 85.4. The van der Waals surface area contributed by atoms with Gasteiger partial charge in [-0.2, -0.15) is 25.1 Å². The van der Waals surface area contributed by atoms with Crippen molar-refractivity contribution in [2.24, 2.45) is 0 Å². The Morgan fingerprint density at radius 1 is 1.00 bits per heavy atom. The Kier molecular flexibility index (Phi) is 245. The van der Waals surface area contributed by atoms with E-state index < -0.39 is 0 Å². The average molecular weight is 550 g/mol. The van der Waals surface area contributed by atoms with E-state index in [2.05, 4.69) is 20.5 Å². The molecule has 0 unspecified atom stereocenters. The zero-order valence-electron chi connectivity index (χ0n) is 8.24.